The summed E-state index contributed by atoms with van der Waals surface area (Å²) in [5.74, 6) is -0.846. The number of carbonyl (C=O) groups is 1. The maximum absolute atomic E-state index is 13.5. The van der Waals surface area contributed by atoms with Gasteiger partial charge in [-0.15, -0.1) is 0 Å². The van der Waals surface area contributed by atoms with Gasteiger partial charge in [0.25, 0.3) is 0 Å². The topological polar surface area (TPSA) is 47.6 Å². The van der Waals surface area contributed by atoms with Crippen molar-refractivity contribution in [2.45, 2.75) is 6.18 Å². The molecule has 0 saturated carbocycles. The number of fused-ring (bicyclic) bond motifs is 1. The van der Waals surface area contributed by atoms with E-state index in [1.807, 2.05) is 0 Å². The predicted octanol–water partition coefficient (Wildman–Crippen LogP) is 4.27. The lowest BCUT2D eigenvalue weighted by Crippen LogP contribution is -2.16. The van der Waals surface area contributed by atoms with Crippen LogP contribution in [0, 0.1) is 5.82 Å². The molecular weight excluding hydrogens is 354 g/mol. The number of rotatable bonds is 3. The summed E-state index contributed by atoms with van der Waals surface area (Å²) in [5.41, 5.74) is -0.759. The fraction of sp³-hybridized carbons (Fsp3) is 0.167. The first-order chi connectivity index (χ1) is 12.3. The van der Waals surface area contributed by atoms with Gasteiger partial charge in [-0.1, -0.05) is 6.07 Å². The molecule has 2 aromatic carbocycles. The van der Waals surface area contributed by atoms with Crippen molar-refractivity contribution >= 4 is 17.7 Å². The predicted molar refractivity (Wildman–Crippen MR) is 86.5 cm³/mol. The molecule has 0 radical (unpaired) electrons. The number of halogens is 4. The van der Waals surface area contributed by atoms with E-state index in [-0.39, 0.29) is 5.56 Å². The maximum Gasteiger partial charge on any atom is 0.419 e. The Bertz CT molecular complexity index is 862. The number of nitrogens with one attached hydrogen (secondary N) is 1. The Morgan fingerprint density at radius 3 is 2.46 bits per heavy atom. The molecule has 8 heteroatoms. The molecule has 0 saturated heterocycles. The fourth-order valence-electron chi connectivity index (χ4n) is 2.34. The Balaban J connectivity index is 1.67. The monoisotopic (exact) mass is 367 g/mol. The van der Waals surface area contributed by atoms with Gasteiger partial charge < -0.3 is 14.8 Å². The van der Waals surface area contributed by atoms with E-state index >= 15 is 0 Å². The molecule has 0 bridgehead atoms. The molecule has 3 rings (SSSR count). The molecular formula is C18H13F4NO3. The Morgan fingerprint density at radius 2 is 1.77 bits per heavy atom. The lowest BCUT2D eigenvalue weighted by atomic mass is 10.1. The van der Waals surface area contributed by atoms with Gasteiger partial charge in [-0.25, -0.2) is 4.39 Å². The Labute approximate surface area is 146 Å². The van der Waals surface area contributed by atoms with E-state index in [2.05, 4.69) is 5.32 Å². The number of hydrogen-bond acceptors (Lipinski definition) is 3. The molecule has 1 N–H and O–H groups in total. The zero-order valence-corrected chi connectivity index (χ0v) is 13.3. The third kappa shape index (κ3) is 4.14. The number of anilines is 1. The Morgan fingerprint density at radius 1 is 1.04 bits per heavy atom. The van der Waals surface area contributed by atoms with Gasteiger partial charge >= 0.3 is 6.18 Å². The van der Waals surface area contributed by atoms with Gasteiger partial charge in [0.1, 0.15) is 19.0 Å². The van der Waals surface area contributed by atoms with Crippen LogP contribution in [0.2, 0.25) is 0 Å². The summed E-state index contributed by atoms with van der Waals surface area (Å²) < 4.78 is 61.8. The van der Waals surface area contributed by atoms with Gasteiger partial charge in [-0.3, -0.25) is 4.79 Å². The van der Waals surface area contributed by atoms with Crippen molar-refractivity contribution in [2.75, 3.05) is 18.5 Å². The second kappa shape index (κ2) is 7.07. The molecule has 1 aliphatic heterocycles. The number of alkyl halides is 3. The highest BCUT2D eigenvalue weighted by Crippen LogP contribution is 2.33. The van der Waals surface area contributed by atoms with Crippen LogP contribution in [0.4, 0.5) is 23.2 Å². The van der Waals surface area contributed by atoms with Gasteiger partial charge in [0, 0.05) is 17.8 Å². The summed E-state index contributed by atoms with van der Waals surface area (Å²) >= 11 is 0. The third-order valence-corrected chi connectivity index (χ3v) is 3.54. The first-order valence-electron chi connectivity index (χ1n) is 7.58. The first kappa shape index (κ1) is 17.8. The highest BCUT2D eigenvalue weighted by atomic mass is 19.4. The molecule has 1 heterocycles. The lowest BCUT2D eigenvalue weighted by Gasteiger charge is -2.18. The summed E-state index contributed by atoms with van der Waals surface area (Å²) in [7, 11) is 0. The standard InChI is InChI=1S/C18H13F4NO3/c19-14-9-11(1-4-13(14)18(20,21)22)2-6-17(24)23-12-3-5-15-16(10-12)26-8-7-25-15/h1-6,9-10H,7-8H2,(H,23,24)/b6-2+. The number of ether oxygens (including phenoxy) is 2. The molecule has 0 fully saturated rings. The molecule has 4 nitrogen and oxygen atoms in total. The van der Waals surface area contributed by atoms with E-state index in [9.17, 15) is 22.4 Å². The smallest absolute Gasteiger partial charge is 0.419 e. The van der Waals surface area contributed by atoms with Gasteiger partial charge in [-0.2, -0.15) is 13.2 Å². The second-order valence-corrected chi connectivity index (χ2v) is 5.42. The van der Waals surface area contributed by atoms with Crippen molar-refractivity contribution in [1.29, 1.82) is 0 Å². The van der Waals surface area contributed by atoms with Crippen LogP contribution in [0.3, 0.4) is 0 Å². The van der Waals surface area contributed by atoms with Gasteiger partial charge in [0.15, 0.2) is 11.5 Å². The average Bonchev–Trinajstić information content (AvgIpc) is 2.59. The van der Waals surface area contributed by atoms with Crippen molar-refractivity contribution in [3.63, 3.8) is 0 Å². The van der Waals surface area contributed by atoms with Gasteiger partial charge in [0.2, 0.25) is 5.91 Å². The summed E-state index contributed by atoms with van der Waals surface area (Å²) in [6.45, 7) is 0.856. The maximum atomic E-state index is 13.5. The SMILES string of the molecule is O=C(/C=C/c1ccc(C(F)(F)F)c(F)c1)Nc1ccc2c(c1)OCCO2. The van der Waals surface area contributed by atoms with E-state index in [4.69, 9.17) is 9.47 Å². The van der Waals surface area contributed by atoms with Crippen molar-refractivity contribution < 1.29 is 31.8 Å². The minimum absolute atomic E-state index is 0.132. The van der Waals surface area contributed by atoms with Crippen LogP contribution in [0.25, 0.3) is 6.08 Å². The van der Waals surface area contributed by atoms with E-state index < -0.39 is 23.5 Å². The van der Waals surface area contributed by atoms with Crippen LogP contribution in [0.15, 0.2) is 42.5 Å². The summed E-state index contributed by atoms with van der Waals surface area (Å²) in [5, 5.41) is 2.58. The number of benzene rings is 2. The number of hydrogen-bond donors (Lipinski definition) is 1. The van der Waals surface area contributed by atoms with Crippen LogP contribution in [0.5, 0.6) is 11.5 Å². The molecule has 1 aliphatic rings. The van der Waals surface area contributed by atoms with Crippen molar-refractivity contribution in [3.8, 4) is 11.5 Å². The normalized spacial score (nSPS) is 13.7. The zero-order chi connectivity index (χ0) is 18.7. The van der Waals surface area contributed by atoms with E-state index in [0.29, 0.717) is 36.5 Å². The molecule has 2 aromatic rings. The lowest BCUT2D eigenvalue weighted by molar-refractivity contribution is -0.140. The van der Waals surface area contributed by atoms with E-state index in [0.717, 1.165) is 18.2 Å². The second-order valence-electron chi connectivity index (χ2n) is 5.42. The van der Waals surface area contributed by atoms with Crippen molar-refractivity contribution in [2.24, 2.45) is 0 Å². The summed E-state index contributed by atoms with van der Waals surface area (Å²) in [4.78, 5) is 11.9. The molecule has 0 aliphatic carbocycles. The van der Waals surface area contributed by atoms with E-state index in [1.165, 1.54) is 6.08 Å². The minimum Gasteiger partial charge on any atom is -0.486 e. The zero-order valence-electron chi connectivity index (χ0n) is 13.3. The van der Waals surface area contributed by atoms with Gasteiger partial charge in [-0.05, 0) is 35.9 Å². The number of carbonyl (C=O) groups excluding carboxylic acids is 1. The van der Waals surface area contributed by atoms with Crippen LogP contribution in [0.1, 0.15) is 11.1 Å². The van der Waals surface area contributed by atoms with Crippen LogP contribution in [-0.2, 0) is 11.0 Å². The quantitative estimate of drug-likeness (QED) is 0.651. The van der Waals surface area contributed by atoms with Crippen molar-refractivity contribution in [1.82, 2.24) is 0 Å². The van der Waals surface area contributed by atoms with Crippen LogP contribution in [-0.4, -0.2) is 19.1 Å². The Hall–Kier alpha value is -3.03. The van der Waals surface area contributed by atoms with Crippen LogP contribution >= 0.6 is 0 Å². The average molecular weight is 367 g/mol. The van der Waals surface area contributed by atoms with E-state index in [1.54, 1.807) is 18.2 Å². The minimum atomic E-state index is -4.76. The molecule has 0 unspecified atom stereocenters. The molecule has 0 atom stereocenters. The first-order valence-corrected chi connectivity index (χ1v) is 7.58. The van der Waals surface area contributed by atoms with Crippen LogP contribution < -0.4 is 14.8 Å². The fourth-order valence-corrected chi connectivity index (χ4v) is 2.34. The molecule has 0 aromatic heterocycles. The van der Waals surface area contributed by atoms with Crippen molar-refractivity contribution in [3.05, 3.63) is 59.4 Å². The molecule has 26 heavy (non-hydrogen) atoms. The summed E-state index contributed by atoms with van der Waals surface area (Å²) in [6, 6.07) is 7.30. The highest BCUT2D eigenvalue weighted by molar-refractivity contribution is 6.02. The molecule has 0 spiro atoms. The molecule has 136 valence electrons. The number of amides is 1. The summed E-state index contributed by atoms with van der Waals surface area (Å²) in [6.07, 6.45) is -2.45. The van der Waals surface area contributed by atoms with Gasteiger partial charge in [0.05, 0.1) is 5.56 Å². The Kier molecular flexibility index (Phi) is 4.83. The molecule has 1 amide bonds. The highest BCUT2D eigenvalue weighted by Gasteiger charge is 2.33. The third-order valence-electron chi connectivity index (χ3n) is 3.54. The largest absolute Gasteiger partial charge is 0.486 e.